The fourth-order valence-corrected chi connectivity index (χ4v) is 5.10. The Kier molecular flexibility index (Phi) is 7.43. The van der Waals surface area contributed by atoms with E-state index in [1.54, 1.807) is 14.2 Å². The maximum Gasteiger partial charge on any atom is 0.161 e. The second-order valence-corrected chi connectivity index (χ2v) is 9.09. The Morgan fingerprint density at radius 3 is 2.40 bits per heavy atom. The Hall–Kier alpha value is -2.04. The molecule has 2 aromatic rings. The summed E-state index contributed by atoms with van der Waals surface area (Å²) >= 11 is 0. The fourth-order valence-electron chi connectivity index (χ4n) is 5.10. The summed E-state index contributed by atoms with van der Waals surface area (Å²) in [5, 5.41) is 0. The molecular weight excluding hydrogens is 372 g/mol. The normalized spacial score (nSPS) is 24.8. The summed E-state index contributed by atoms with van der Waals surface area (Å²) < 4.78 is 10.8. The molecule has 0 bridgehead atoms. The lowest BCUT2D eigenvalue weighted by molar-refractivity contribution is 0.0622. The predicted molar refractivity (Wildman–Crippen MR) is 124 cm³/mol. The van der Waals surface area contributed by atoms with Gasteiger partial charge in [-0.2, -0.15) is 0 Å². The SMILES string of the molecule is COc1ccc(CN(C)CC[C@@]2(c3ccccc3)C[C@@H](C)N(C)C[C@@H]2C)cc1OC. The number of piperidine rings is 1. The lowest BCUT2D eigenvalue weighted by Gasteiger charge is -2.50. The largest absolute Gasteiger partial charge is 0.493 e. The molecule has 3 atom stereocenters. The molecule has 0 amide bonds. The number of likely N-dealkylation sites (tertiary alicyclic amines) is 1. The molecule has 0 radical (unpaired) electrons. The van der Waals surface area contributed by atoms with Crippen LogP contribution in [0.25, 0.3) is 0 Å². The van der Waals surface area contributed by atoms with Gasteiger partial charge in [-0.05, 0) is 69.6 Å². The van der Waals surface area contributed by atoms with E-state index >= 15 is 0 Å². The maximum atomic E-state index is 5.48. The van der Waals surface area contributed by atoms with E-state index in [2.05, 4.69) is 80.2 Å². The van der Waals surface area contributed by atoms with E-state index in [0.29, 0.717) is 12.0 Å². The van der Waals surface area contributed by atoms with Crippen LogP contribution < -0.4 is 9.47 Å². The predicted octanol–water partition coefficient (Wildman–Crippen LogP) is 4.82. The third-order valence-electron chi connectivity index (χ3n) is 7.11. The van der Waals surface area contributed by atoms with Crippen molar-refractivity contribution < 1.29 is 9.47 Å². The van der Waals surface area contributed by atoms with Crippen molar-refractivity contribution in [2.45, 2.75) is 44.7 Å². The van der Waals surface area contributed by atoms with Crippen molar-refractivity contribution in [2.24, 2.45) is 5.92 Å². The van der Waals surface area contributed by atoms with Crippen molar-refractivity contribution >= 4 is 0 Å². The van der Waals surface area contributed by atoms with Gasteiger partial charge in [-0.1, -0.05) is 43.3 Å². The number of ether oxygens (including phenoxy) is 2. The summed E-state index contributed by atoms with van der Waals surface area (Å²) in [6.07, 6.45) is 2.37. The molecule has 1 aliphatic heterocycles. The highest BCUT2D eigenvalue weighted by atomic mass is 16.5. The minimum absolute atomic E-state index is 0.221. The molecule has 0 unspecified atom stereocenters. The van der Waals surface area contributed by atoms with Crippen LogP contribution in [0.3, 0.4) is 0 Å². The van der Waals surface area contributed by atoms with Gasteiger partial charge in [-0.25, -0.2) is 0 Å². The first kappa shape index (κ1) is 22.6. The lowest BCUT2D eigenvalue weighted by atomic mass is 9.63. The van der Waals surface area contributed by atoms with Crippen LogP contribution in [0.5, 0.6) is 11.5 Å². The van der Waals surface area contributed by atoms with E-state index in [4.69, 9.17) is 9.47 Å². The van der Waals surface area contributed by atoms with Crippen molar-refractivity contribution in [3.8, 4) is 11.5 Å². The second kappa shape index (κ2) is 9.84. The van der Waals surface area contributed by atoms with Crippen molar-refractivity contribution in [2.75, 3.05) is 41.4 Å². The molecule has 0 aliphatic carbocycles. The van der Waals surface area contributed by atoms with E-state index in [0.717, 1.165) is 31.1 Å². The first-order valence-electron chi connectivity index (χ1n) is 11.0. The highest BCUT2D eigenvalue weighted by Gasteiger charge is 2.43. The number of rotatable bonds is 8. The van der Waals surface area contributed by atoms with E-state index in [1.165, 1.54) is 24.0 Å². The van der Waals surface area contributed by atoms with Crippen LogP contribution in [-0.4, -0.2) is 57.2 Å². The Morgan fingerprint density at radius 1 is 1.03 bits per heavy atom. The molecule has 1 fully saturated rings. The van der Waals surface area contributed by atoms with Gasteiger partial charge in [0.1, 0.15) is 0 Å². The van der Waals surface area contributed by atoms with E-state index in [1.807, 2.05) is 6.07 Å². The van der Waals surface area contributed by atoms with E-state index in [-0.39, 0.29) is 5.41 Å². The van der Waals surface area contributed by atoms with Crippen molar-refractivity contribution in [1.82, 2.24) is 9.80 Å². The van der Waals surface area contributed by atoms with E-state index in [9.17, 15) is 0 Å². The zero-order valence-corrected chi connectivity index (χ0v) is 19.5. The van der Waals surface area contributed by atoms with Gasteiger partial charge in [0.15, 0.2) is 11.5 Å². The Labute approximate surface area is 182 Å². The number of nitrogens with zero attached hydrogens (tertiary/aromatic N) is 2. The van der Waals surface area contributed by atoms with E-state index < -0.39 is 0 Å². The monoisotopic (exact) mass is 410 g/mol. The summed E-state index contributed by atoms with van der Waals surface area (Å²) in [6.45, 7) is 7.91. The maximum absolute atomic E-state index is 5.48. The molecule has 164 valence electrons. The lowest BCUT2D eigenvalue weighted by Crippen LogP contribution is -2.52. The summed E-state index contributed by atoms with van der Waals surface area (Å²) in [5.41, 5.74) is 2.96. The number of benzene rings is 2. The minimum atomic E-state index is 0.221. The molecule has 0 aromatic heterocycles. The molecule has 2 aromatic carbocycles. The summed E-state index contributed by atoms with van der Waals surface area (Å²) in [5.74, 6) is 2.19. The van der Waals surface area contributed by atoms with Gasteiger partial charge in [-0.3, -0.25) is 0 Å². The third-order valence-corrected chi connectivity index (χ3v) is 7.11. The molecule has 0 saturated carbocycles. The van der Waals surface area contributed by atoms with Gasteiger partial charge >= 0.3 is 0 Å². The molecule has 1 heterocycles. The average Bonchev–Trinajstić information content (AvgIpc) is 2.76. The topological polar surface area (TPSA) is 24.9 Å². The zero-order valence-electron chi connectivity index (χ0n) is 19.5. The molecule has 30 heavy (non-hydrogen) atoms. The zero-order chi connectivity index (χ0) is 21.7. The molecular formula is C26H38N2O2. The van der Waals surface area contributed by atoms with Crippen LogP contribution in [0, 0.1) is 5.92 Å². The van der Waals surface area contributed by atoms with Crippen LogP contribution in [0.1, 0.15) is 37.8 Å². The number of hydrogen-bond donors (Lipinski definition) is 0. The van der Waals surface area contributed by atoms with Crippen LogP contribution >= 0.6 is 0 Å². The highest BCUT2D eigenvalue weighted by Crippen LogP contribution is 2.44. The van der Waals surface area contributed by atoms with Gasteiger partial charge in [0.25, 0.3) is 0 Å². The van der Waals surface area contributed by atoms with Gasteiger partial charge in [0.05, 0.1) is 14.2 Å². The molecule has 1 aliphatic rings. The standard InChI is InChI=1S/C26H38N2O2/c1-20-18-28(4)21(2)17-26(20,23-10-8-7-9-11-23)14-15-27(3)19-22-12-13-24(29-5)25(16-22)30-6/h7-13,16,20-21H,14-15,17-19H2,1-6H3/t20-,21+,26+/m0/s1. The smallest absolute Gasteiger partial charge is 0.161 e. The molecule has 1 saturated heterocycles. The van der Waals surface area contributed by atoms with Crippen molar-refractivity contribution in [1.29, 1.82) is 0 Å². The summed E-state index contributed by atoms with van der Waals surface area (Å²) in [4.78, 5) is 4.95. The molecule has 0 N–H and O–H groups in total. The Morgan fingerprint density at radius 2 is 1.73 bits per heavy atom. The van der Waals surface area contributed by atoms with Crippen LogP contribution in [0.2, 0.25) is 0 Å². The molecule has 3 rings (SSSR count). The second-order valence-electron chi connectivity index (χ2n) is 9.09. The average molecular weight is 411 g/mol. The van der Waals surface area contributed by atoms with Gasteiger partial charge in [0, 0.05) is 24.5 Å². The fraction of sp³-hybridized carbons (Fsp3) is 0.538. The van der Waals surface area contributed by atoms with Gasteiger partial charge in [0.2, 0.25) is 0 Å². The quantitative estimate of drug-likeness (QED) is 0.623. The van der Waals surface area contributed by atoms with Crippen molar-refractivity contribution in [3.05, 3.63) is 59.7 Å². The highest BCUT2D eigenvalue weighted by molar-refractivity contribution is 5.42. The molecule has 4 heteroatoms. The summed E-state index contributed by atoms with van der Waals surface area (Å²) in [6, 6.07) is 18.0. The van der Waals surface area contributed by atoms with Crippen LogP contribution in [-0.2, 0) is 12.0 Å². The summed E-state index contributed by atoms with van der Waals surface area (Å²) in [7, 11) is 7.85. The number of methoxy groups -OCH3 is 2. The van der Waals surface area contributed by atoms with Crippen molar-refractivity contribution in [3.63, 3.8) is 0 Å². The molecule has 0 spiro atoms. The molecule has 4 nitrogen and oxygen atoms in total. The first-order chi connectivity index (χ1) is 14.4. The number of hydrogen-bond acceptors (Lipinski definition) is 4. The minimum Gasteiger partial charge on any atom is -0.493 e. The Balaban J connectivity index is 1.75. The Bertz CT molecular complexity index is 810. The van der Waals surface area contributed by atoms with Gasteiger partial charge in [-0.15, -0.1) is 0 Å². The third kappa shape index (κ3) is 4.81. The van der Waals surface area contributed by atoms with Gasteiger partial charge < -0.3 is 19.3 Å². The first-order valence-corrected chi connectivity index (χ1v) is 11.0. The van der Waals surface area contributed by atoms with Crippen LogP contribution in [0.4, 0.5) is 0 Å². The van der Waals surface area contributed by atoms with Crippen LogP contribution in [0.15, 0.2) is 48.5 Å².